The van der Waals surface area contributed by atoms with Gasteiger partial charge in [0.25, 0.3) is 0 Å². The van der Waals surface area contributed by atoms with Crippen LogP contribution in [0, 0.1) is 18.8 Å². The van der Waals surface area contributed by atoms with Gasteiger partial charge in [-0.15, -0.1) is 5.10 Å². The van der Waals surface area contributed by atoms with Gasteiger partial charge >= 0.3 is 12.1 Å². The number of halogens is 5. The van der Waals surface area contributed by atoms with Gasteiger partial charge in [-0.3, -0.25) is 0 Å². The van der Waals surface area contributed by atoms with Crippen molar-refractivity contribution in [2.75, 3.05) is 29.9 Å². The minimum absolute atomic E-state index is 0.0721. The quantitative estimate of drug-likeness (QED) is 0.519. The van der Waals surface area contributed by atoms with E-state index in [1.807, 2.05) is 6.92 Å². The molecule has 1 saturated heterocycles. The molecule has 1 saturated carbocycles. The predicted octanol–water partition coefficient (Wildman–Crippen LogP) is 4.40. The van der Waals surface area contributed by atoms with Crippen molar-refractivity contribution < 1.29 is 26.7 Å². The van der Waals surface area contributed by atoms with E-state index in [1.54, 1.807) is 0 Å². The molecule has 178 valence electrons. The second-order valence-electron chi connectivity index (χ2n) is 8.55. The summed E-state index contributed by atoms with van der Waals surface area (Å²) in [6.45, 7) is 1.90. The highest BCUT2D eigenvalue weighted by molar-refractivity contribution is 7.10. The second-order valence-corrected chi connectivity index (χ2v) is 9.33. The number of aryl methyl sites for hydroxylation is 1. The fraction of sp³-hybridized carbons (Fsp3) is 0.550. The van der Waals surface area contributed by atoms with Crippen LogP contribution in [0.3, 0.4) is 0 Å². The van der Waals surface area contributed by atoms with Crippen LogP contribution in [0.15, 0.2) is 24.4 Å². The number of ether oxygens (including phenoxy) is 1. The number of fused-ring (bicyclic) bond motifs is 3. The van der Waals surface area contributed by atoms with Crippen LogP contribution in [-0.4, -0.2) is 56.8 Å². The number of alkyl halides is 5. The molecule has 13 heteroatoms. The van der Waals surface area contributed by atoms with Gasteiger partial charge in [0, 0.05) is 25.3 Å². The van der Waals surface area contributed by atoms with Crippen LogP contribution in [0.25, 0.3) is 5.65 Å². The fourth-order valence-corrected chi connectivity index (χ4v) is 5.37. The molecule has 33 heavy (non-hydrogen) atoms. The minimum Gasteiger partial charge on any atom is -0.483 e. The molecule has 3 aromatic heterocycles. The lowest BCUT2D eigenvalue weighted by Gasteiger charge is -2.38. The number of hydrogen-bond acceptors (Lipinski definition) is 7. The van der Waals surface area contributed by atoms with Crippen molar-refractivity contribution in [2.45, 2.75) is 37.9 Å². The molecule has 2 atom stereocenters. The molecule has 4 heterocycles. The zero-order valence-corrected chi connectivity index (χ0v) is 18.3. The fourth-order valence-electron chi connectivity index (χ4n) is 4.59. The monoisotopic (exact) mass is 488 g/mol. The minimum atomic E-state index is -5.69. The Morgan fingerprint density at radius 1 is 1.18 bits per heavy atom. The molecule has 0 radical (unpaired) electrons. The zero-order valence-electron chi connectivity index (χ0n) is 17.5. The molecule has 1 aliphatic heterocycles. The second kappa shape index (κ2) is 7.96. The van der Waals surface area contributed by atoms with Crippen molar-refractivity contribution in [1.82, 2.24) is 19.0 Å². The highest BCUT2D eigenvalue weighted by Gasteiger charge is 2.58. The average molecular weight is 488 g/mol. The zero-order chi connectivity index (χ0) is 23.4. The number of nitrogens with one attached hydrogen (secondary N) is 1. The van der Waals surface area contributed by atoms with Crippen LogP contribution < -0.4 is 15.0 Å². The third-order valence-corrected chi connectivity index (χ3v) is 7.15. The van der Waals surface area contributed by atoms with Crippen molar-refractivity contribution in [1.29, 1.82) is 0 Å². The van der Waals surface area contributed by atoms with Gasteiger partial charge in [0.2, 0.25) is 5.95 Å². The van der Waals surface area contributed by atoms with Gasteiger partial charge in [0.1, 0.15) is 5.00 Å². The van der Waals surface area contributed by atoms with E-state index in [2.05, 4.69) is 30.7 Å². The largest absolute Gasteiger partial charge is 0.483 e. The first-order valence-corrected chi connectivity index (χ1v) is 11.3. The van der Waals surface area contributed by atoms with Crippen molar-refractivity contribution in [3.8, 4) is 5.75 Å². The van der Waals surface area contributed by atoms with Gasteiger partial charge < -0.3 is 15.0 Å². The Morgan fingerprint density at radius 3 is 2.55 bits per heavy atom. The number of rotatable bonds is 6. The van der Waals surface area contributed by atoms with Crippen LogP contribution in [0.5, 0.6) is 5.75 Å². The number of piperidine rings is 1. The maximum atomic E-state index is 13.3. The first kappa shape index (κ1) is 22.1. The van der Waals surface area contributed by atoms with E-state index in [1.165, 1.54) is 34.4 Å². The maximum Gasteiger partial charge on any atom is 0.456 e. The molecule has 5 rings (SSSR count). The third-order valence-electron chi connectivity index (χ3n) is 6.21. The van der Waals surface area contributed by atoms with Crippen molar-refractivity contribution in [3.05, 3.63) is 30.1 Å². The molecule has 1 aliphatic carbocycles. The van der Waals surface area contributed by atoms with Crippen LogP contribution in [-0.2, 0) is 0 Å². The lowest BCUT2D eigenvalue weighted by atomic mass is 9.92. The summed E-state index contributed by atoms with van der Waals surface area (Å²) in [6, 6.07) is 4.97. The number of nitrogens with zero attached hydrogens (tertiary/aromatic N) is 5. The topological polar surface area (TPSA) is 67.6 Å². The van der Waals surface area contributed by atoms with Crippen LogP contribution >= 0.6 is 11.5 Å². The first-order valence-electron chi connectivity index (χ1n) is 10.5. The summed E-state index contributed by atoms with van der Waals surface area (Å²) in [7, 11) is 0. The Bertz CT molecular complexity index is 1130. The standard InChI is InChI=1S/C20H21F5N6OS/c1-11-7-15(33-29-11)30-8-12-4-5-13(9-30)16(12)26-18-27-17-14(3-2-6-31(17)28-18)32-10-19(21,22)20(23,24)25/h2-3,6-7,12-13,16H,4-5,8-10H2,1H3,(H,26,28). The molecule has 2 aliphatic rings. The Labute approximate surface area is 189 Å². The van der Waals surface area contributed by atoms with Gasteiger partial charge in [0.05, 0.1) is 5.69 Å². The van der Waals surface area contributed by atoms with Gasteiger partial charge in [-0.05, 0) is 61.3 Å². The van der Waals surface area contributed by atoms with E-state index in [-0.39, 0.29) is 23.4 Å². The van der Waals surface area contributed by atoms with E-state index < -0.39 is 18.7 Å². The summed E-state index contributed by atoms with van der Waals surface area (Å²) >= 11 is 1.50. The van der Waals surface area contributed by atoms with Crippen molar-refractivity contribution in [3.63, 3.8) is 0 Å². The molecule has 0 aromatic carbocycles. The van der Waals surface area contributed by atoms with Crippen LogP contribution in [0.4, 0.5) is 32.9 Å². The van der Waals surface area contributed by atoms with E-state index in [0.29, 0.717) is 11.8 Å². The molecule has 0 amide bonds. The third kappa shape index (κ3) is 4.18. The Morgan fingerprint density at radius 2 is 1.91 bits per heavy atom. The summed E-state index contributed by atoms with van der Waals surface area (Å²) in [5, 5.41) is 8.85. The van der Waals surface area contributed by atoms with Gasteiger partial charge in [-0.1, -0.05) is 0 Å². The summed E-state index contributed by atoms with van der Waals surface area (Å²) in [5.74, 6) is -4.12. The smallest absolute Gasteiger partial charge is 0.456 e. The molecule has 0 spiro atoms. The molecule has 1 N–H and O–H groups in total. The van der Waals surface area contributed by atoms with E-state index in [9.17, 15) is 22.0 Å². The first-order chi connectivity index (χ1) is 15.6. The molecule has 2 unspecified atom stereocenters. The SMILES string of the molecule is Cc1cc(N2CC3CCC(C2)C3Nc2nc3c(OCC(F)(F)C(F)(F)F)cccn3n2)sn1. The van der Waals surface area contributed by atoms with E-state index in [0.717, 1.165) is 36.6 Å². The van der Waals surface area contributed by atoms with Crippen molar-refractivity contribution >= 4 is 28.1 Å². The Balaban J connectivity index is 1.30. The maximum absolute atomic E-state index is 13.3. The number of pyridine rings is 1. The molecular weight excluding hydrogens is 467 g/mol. The normalized spacial score (nSPS) is 23.3. The number of hydrogen-bond donors (Lipinski definition) is 1. The molecule has 7 nitrogen and oxygen atoms in total. The predicted molar refractivity (Wildman–Crippen MR) is 112 cm³/mol. The number of anilines is 2. The molecule has 2 bridgehead atoms. The average Bonchev–Trinajstić information content (AvgIpc) is 3.41. The van der Waals surface area contributed by atoms with Crippen LogP contribution in [0.2, 0.25) is 0 Å². The summed E-state index contributed by atoms with van der Waals surface area (Å²) in [5.41, 5.74) is 1.07. The van der Waals surface area contributed by atoms with Crippen molar-refractivity contribution in [2.24, 2.45) is 11.8 Å². The highest BCUT2D eigenvalue weighted by atomic mass is 32.1. The van der Waals surface area contributed by atoms with Gasteiger partial charge in [-0.25, -0.2) is 4.52 Å². The molecular formula is C20H21F5N6OS. The molecule has 2 fully saturated rings. The van der Waals surface area contributed by atoms with Gasteiger partial charge in [0.15, 0.2) is 18.0 Å². The van der Waals surface area contributed by atoms with E-state index in [4.69, 9.17) is 4.74 Å². The Hall–Kier alpha value is -2.70. The lowest BCUT2D eigenvalue weighted by Crippen LogP contribution is -2.48. The molecule has 3 aromatic rings. The summed E-state index contributed by atoms with van der Waals surface area (Å²) in [4.78, 5) is 6.67. The number of aromatic nitrogens is 4. The summed E-state index contributed by atoms with van der Waals surface area (Å²) in [6.07, 6.45) is -2.04. The lowest BCUT2D eigenvalue weighted by molar-refractivity contribution is -0.289. The van der Waals surface area contributed by atoms with E-state index >= 15 is 0 Å². The summed E-state index contributed by atoms with van der Waals surface area (Å²) < 4.78 is 74.4. The highest BCUT2D eigenvalue weighted by Crippen LogP contribution is 2.41. The Kier molecular flexibility index (Phi) is 5.33. The van der Waals surface area contributed by atoms with Gasteiger partial charge in [-0.2, -0.15) is 31.3 Å². The van der Waals surface area contributed by atoms with Crippen LogP contribution in [0.1, 0.15) is 18.5 Å².